The van der Waals surface area contributed by atoms with Crippen LogP contribution in [0.15, 0.2) is 54.2 Å². The zero-order chi connectivity index (χ0) is 56.5. The number of carbonyl (C=O) groups is 2. The molecule has 5 aromatic rings. The van der Waals surface area contributed by atoms with Crippen LogP contribution in [0.2, 0.25) is 43.8 Å². The molecule has 1 aromatic carbocycles. The van der Waals surface area contributed by atoms with Gasteiger partial charge in [0.05, 0.1) is 43.6 Å². The molecule has 4 aliphatic rings. The highest BCUT2D eigenvalue weighted by molar-refractivity contribution is 8.07. The SMILES string of the molecule is [C-]#[N+]CCOP1(=S)OC[C@H]2O[C@@H](n3cc4c5c(ncnc53)SCCC4)[C@H](F)[C@@H]2OP(O)(=S)OC[C@H]2O[C@@H](n3cnc4c(CC(=O)c5ccccc5)nc(NCCCC(=O)OCC[Si](C)(C)C)nc43)[C@H](O1)[C@@H]2O[Si](C)(C)C(C)(C)C. The number of esters is 1. The Morgan fingerprint density at radius 1 is 0.975 bits per heavy atom. The molecule has 2 bridgehead atoms. The van der Waals surface area contributed by atoms with E-state index in [-0.39, 0.29) is 66.4 Å². The third-order valence-corrected chi connectivity index (χ3v) is 25.6. The minimum atomic E-state index is -4.36. The van der Waals surface area contributed by atoms with Crippen molar-refractivity contribution in [2.45, 2.75) is 151 Å². The first kappa shape index (κ1) is 60.1. The van der Waals surface area contributed by atoms with Crippen molar-refractivity contribution >= 4 is 105 Å². The Balaban J connectivity index is 1.08. The number of nitrogens with zero attached hydrogens (tertiary/aromatic N) is 8. The zero-order valence-corrected chi connectivity index (χ0v) is 51.7. The molecular formula is C50H68FN9O12P2S3Si2. The first-order valence-electron chi connectivity index (χ1n) is 26.3. The summed E-state index contributed by atoms with van der Waals surface area (Å²) in [7, 11) is -4.20. The molecule has 29 heteroatoms. The average Bonchev–Trinajstić information content (AvgIpc) is 4.25. The van der Waals surface area contributed by atoms with E-state index in [1.165, 1.54) is 12.7 Å². The number of imidazole rings is 1. The summed E-state index contributed by atoms with van der Waals surface area (Å²) < 4.78 is 78.9. The number of carbonyl (C=O) groups excluding carboxylic acids is 2. The molecule has 2 unspecified atom stereocenters. The number of aryl methyl sites for hydroxylation is 1. The van der Waals surface area contributed by atoms with Crippen LogP contribution in [0.1, 0.15) is 74.1 Å². The molecule has 10 atom stereocenters. The summed E-state index contributed by atoms with van der Waals surface area (Å²) >= 11 is 13.6. The van der Waals surface area contributed by atoms with Gasteiger partial charge < -0.3 is 51.8 Å². The second-order valence-corrected chi connectivity index (χ2v) is 39.7. The van der Waals surface area contributed by atoms with Crippen molar-refractivity contribution in [2.75, 3.05) is 50.6 Å². The number of benzene rings is 1. The van der Waals surface area contributed by atoms with E-state index in [1.807, 2.05) is 25.4 Å². The van der Waals surface area contributed by atoms with Crippen LogP contribution < -0.4 is 5.32 Å². The number of nitrogens with one attached hydrogen (secondary N) is 1. The van der Waals surface area contributed by atoms with Gasteiger partial charge >= 0.3 is 19.4 Å². The van der Waals surface area contributed by atoms with Gasteiger partial charge in [0, 0.05) is 32.8 Å². The van der Waals surface area contributed by atoms with E-state index in [0.717, 1.165) is 40.6 Å². The van der Waals surface area contributed by atoms with Gasteiger partial charge in [-0.25, -0.2) is 30.9 Å². The fraction of sp³-hybridized carbons (Fsp3) is 0.600. The van der Waals surface area contributed by atoms with Gasteiger partial charge in [0.1, 0.15) is 59.6 Å². The molecular weight excluding hydrogens is 1150 g/mol. The van der Waals surface area contributed by atoms with E-state index >= 15 is 4.39 Å². The number of ether oxygens (including phenoxy) is 3. The molecule has 3 fully saturated rings. The third-order valence-electron chi connectivity index (χ3n) is 14.5. The Labute approximate surface area is 475 Å². The van der Waals surface area contributed by atoms with E-state index in [1.54, 1.807) is 45.2 Å². The minimum Gasteiger partial charge on any atom is -0.466 e. The number of hydrogen-bond acceptors (Lipinski definition) is 20. The molecule has 3 saturated heterocycles. The van der Waals surface area contributed by atoms with E-state index in [4.69, 9.17) is 86.4 Å². The third kappa shape index (κ3) is 14.1. The molecule has 0 amide bonds. The number of anilines is 1. The Morgan fingerprint density at radius 3 is 2.48 bits per heavy atom. The number of thioether (sulfide) groups is 1. The van der Waals surface area contributed by atoms with E-state index in [0.29, 0.717) is 29.9 Å². The fourth-order valence-corrected chi connectivity index (χ4v) is 15.8. The second-order valence-electron chi connectivity index (χ2n) is 22.5. The lowest BCUT2D eigenvalue weighted by Crippen LogP contribution is -2.50. The zero-order valence-electron chi connectivity index (χ0n) is 45.4. The molecule has 2 N–H and O–H groups in total. The smallest absolute Gasteiger partial charge is 0.328 e. The van der Waals surface area contributed by atoms with Crippen LogP contribution in [-0.4, -0.2) is 149 Å². The molecule has 8 heterocycles. The molecule has 79 heavy (non-hydrogen) atoms. The predicted octanol–water partition coefficient (Wildman–Crippen LogP) is 9.53. The van der Waals surface area contributed by atoms with Gasteiger partial charge in [-0.3, -0.25) is 23.2 Å². The number of rotatable bonds is 18. The summed E-state index contributed by atoms with van der Waals surface area (Å²) in [5.74, 6) is 0.497. The van der Waals surface area contributed by atoms with Gasteiger partial charge in [-0.2, -0.15) is 4.98 Å². The predicted molar refractivity (Wildman–Crippen MR) is 308 cm³/mol. The molecule has 0 spiro atoms. The summed E-state index contributed by atoms with van der Waals surface area (Å²) in [6, 6.07) is 9.69. The monoisotopic (exact) mass is 1220 g/mol. The highest BCUT2D eigenvalue weighted by Crippen LogP contribution is 2.58. The first-order valence-corrected chi connectivity index (χ1v) is 39.1. The van der Waals surface area contributed by atoms with Gasteiger partial charge in [0.25, 0.3) is 0 Å². The molecule has 0 radical (unpaired) electrons. The van der Waals surface area contributed by atoms with Crippen LogP contribution in [0.3, 0.4) is 0 Å². The lowest BCUT2D eigenvalue weighted by Gasteiger charge is -2.41. The van der Waals surface area contributed by atoms with Crippen molar-refractivity contribution in [2.24, 2.45) is 0 Å². The summed E-state index contributed by atoms with van der Waals surface area (Å²) in [4.78, 5) is 65.6. The Kier molecular flexibility index (Phi) is 18.8. The maximum atomic E-state index is 17.3. The van der Waals surface area contributed by atoms with Crippen LogP contribution in [0.5, 0.6) is 0 Å². The van der Waals surface area contributed by atoms with E-state index in [2.05, 4.69) is 60.5 Å². The van der Waals surface area contributed by atoms with Gasteiger partial charge in [-0.05, 0) is 78.4 Å². The lowest BCUT2D eigenvalue weighted by molar-refractivity contribution is -0.143. The summed E-state index contributed by atoms with van der Waals surface area (Å²) in [5.41, 5.74) is 2.71. The number of alkyl halides is 1. The Hall–Kier alpha value is -3.53. The van der Waals surface area contributed by atoms with Crippen molar-refractivity contribution in [3.8, 4) is 0 Å². The van der Waals surface area contributed by atoms with Crippen molar-refractivity contribution in [3.63, 3.8) is 0 Å². The average molecular weight is 1220 g/mol. The second kappa shape index (κ2) is 24.7. The van der Waals surface area contributed by atoms with Crippen LogP contribution >= 0.6 is 25.2 Å². The standard InChI is InChI=1S/C50H68FN9O12P2S3Si2/c1-50(2,3)79(8,9)72-42-36-27-66-73(63,75)70-41-35(68-47(39(41)51)59-26-32-17-14-23-77-46-38(32)44(59)54-29-55-46)28-67-74(76,65-21-20-52-4)71-43(42)48(69-36)60-30-56-40-33(25-34(61)31-15-11-10-12-16-31)57-49(58-45(40)60)53-19-13-18-37(62)64-22-24-78(5,6)7/h10-12,15-16,26,29-30,35-36,39,41-43,47-48H,13-14,17-25,27-28H2,1-3,5-9H3,(H,63,75)(H,53,57,58)/t35-,36-,39-,41-,42-,43-,47-,48-,73?,74?/m1/s1. The molecule has 21 nitrogen and oxygen atoms in total. The number of aromatic nitrogens is 7. The first-order chi connectivity index (χ1) is 37.4. The maximum absolute atomic E-state index is 17.3. The van der Waals surface area contributed by atoms with Crippen molar-refractivity contribution in [3.05, 3.63) is 77.4 Å². The van der Waals surface area contributed by atoms with Crippen LogP contribution in [0.4, 0.5) is 10.3 Å². The maximum Gasteiger partial charge on any atom is 0.328 e. The summed E-state index contributed by atoms with van der Waals surface area (Å²) in [5, 5.41) is 4.48. The normalized spacial score (nSPS) is 27.8. The number of Topliss-reactive ketones (excluding diaryl/α,β-unsaturated/α-hetero) is 1. The molecule has 0 aliphatic carbocycles. The molecule has 4 aliphatic heterocycles. The van der Waals surface area contributed by atoms with Gasteiger partial charge in [-0.15, -0.1) is 11.8 Å². The number of ketones is 1. The van der Waals surface area contributed by atoms with Gasteiger partial charge in [0.2, 0.25) is 12.5 Å². The number of halogens is 1. The van der Waals surface area contributed by atoms with Crippen molar-refractivity contribution < 1.29 is 60.1 Å². The molecule has 4 aromatic heterocycles. The fourth-order valence-electron chi connectivity index (χ4n) is 9.25. The Bertz CT molecular complexity index is 3170. The van der Waals surface area contributed by atoms with E-state index in [9.17, 15) is 14.5 Å². The molecule has 0 saturated carbocycles. The summed E-state index contributed by atoms with van der Waals surface area (Å²) in [6.45, 7) is 15.6. The van der Waals surface area contributed by atoms with Gasteiger partial charge in [0.15, 0.2) is 38.4 Å². The van der Waals surface area contributed by atoms with Crippen LogP contribution in [-0.2, 0) is 82.5 Å². The number of hydrogen-bond donors (Lipinski definition) is 2. The van der Waals surface area contributed by atoms with Crippen molar-refractivity contribution in [1.82, 2.24) is 34.1 Å². The quantitative estimate of drug-likeness (QED) is 0.0158. The van der Waals surface area contributed by atoms with Gasteiger partial charge in [-0.1, -0.05) is 70.7 Å². The Morgan fingerprint density at radius 2 is 1.73 bits per heavy atom. The lowest BCUT2D eigenvalue weighted by atomic mass is 10.1. The van der Waals surface area contributed by atoms with Crippen LogP contribution in [0, 0.1) is 6.57 Å². The van der Waals surface area contributed by atoms with Crippen molar-refractivity contribution in [1.29, 1.82) is 0 Å². The minimum absolute atomic E-state index is 0.0991. The van der Waals surface area contributed by atoms with Crippen LogP contribution in [0.25, 0.3) is 27.0 Å². The topological polar surface area (TPSA) is 228 Å². The summed E-state index contributed by atoms with van der Waals surface area (Å²) in [6.07, 6.45) is -3.86. The largest absolute Gasteiger partial charge is 0.466 e. The molecule has 428 valence electrons. The highest BCUT2D eigenvalue weighted by atomic mass is 32.5. The highest BCUT2D eigenvalue weighted by Gasteiger charge is 2.56. The van der Waals surface area contributed by atoms with E-state index < -0.39 is 92.2 Å². The number of fused-ring (bicyclic) bond motifs is 4. The molecule has 9 rings (SSSR count).